The van der Waals surface area contributed by atoms with Gasteiger partial charge in [0.1, 0.15) is 11.9 Å². The van der Waals surface area contributed by atoms with E-state index in [0.717, 1.165) is 22.8 Å². The Balaban J connectivity index is 1.96. The fourth-order valence-electron chi connectivity index (χ4n) is 1.45. The summed E-state index contributed by atoms with van der Waals surface area (Å²) in [7, 11) is 0. The molecule has 1 aromatic carbocycles. The van der Waals surface area contributed by atoms with E-state index in [1.165, 1.54) is 0 Å². The van der Waals surface area contributed by atoms with Gasteiger partial charge in [0.05, 0.1) is 0 Å². The first-order valence-corrected chi connectivity index (χ1v) is 6.40. The first-order chi connectivity index (χ1) is 7.29. The van der Waals surface area contributed by atoms with Crippen molar-refractivity contribution in [2.45, 2.75) is 18.9 Å². The van der Waals surface area contributed by atoms with E-state index < -0.39 is 0 Å². The molecule has 0 radical (unpaired) electrons. The lowest BCUT2D eigenvalue weighted by Gasteiger charge is -2.26. The van der Waals surface area contributed by atoms with E-state index in [1.54, 1.807) is 0 Å². The zero-order valence-electron chi connectivity index (χ0n) is 8.85. The highest BCUT2D eigenvalue weighted by Gasteiger charge is 2.19. The van der Waals surface area contributed by atoms with E-state index in [-0.39, 0.29) is 12.5 Å². The zero-order valence-corrected chi connectivity index (χ0v) is 9.67. The number of benzene rings is 1. The van der Waals surface area contributed by atoms with Crippen molar-refractivity contribution in [1.29, 1.82) is 0 Å². The fourth-order valence-corrected chi connectivity index (χ4v) is 2.02. The fraction of sp³-hybridized carbons (Fsp3) is 0.500. The molecule has 1 aromatic rings. The first kappa shape index (κ1) is 10.8. The van der Waals surface area contributed by atoms with Crippen molar-refractivity contribution in [3.8, 4) is 5.75 Å². The van der Waals surface area contributed by atoms with Crippen LogP contribution in [0.4, 0.5) is 0 Å². The van der Waals surface area contributed by atoms with Crippen LogP contribution in [-0.4, -0.2) is 29.3 Å². The van der Waals surface area contributed by atoms with Gasteiger partial charge in [-0.05, 0) is 17.7 Å². The summed E-state index contributed by atoms with van der Waals surface area (Å²) < 4.78 is 5.74. The minimum Gasteiger partial charge on any atom is -0.489 e. The van der Waals surface area contributed by atoms with Gasteiger partial charge in [0.15, 0.2) is 0 Å². The number of thioether (sulfide) groups is 1. The number of hydrogen-bond acceptors (Lipinski definition) is 3. The smallest absolute Gasteiger partial charge is 0.119 e. The number of hydrogen-bond donors (Lipinski definition) is 1. The van der Waals surface area contributed by atoms with Gasteiger partial charge in [-0.15, -0.1) is 0 Å². The SMILES string of the molecule is CC(CO)c1ccc(OC2CSC2)cc1. The van der Waals surface area contributed by atoms with E-state index in [0.29, 0.717) is 6.10 Å². The van der Waals surface area contributed by atoms with Gasteiger partial charge in [0.25, 0.3) is 0 Å². The Morgan fingerprint density at radius 1 is 1.40 bits per heavy atom. The Hall–Kier alpha value is -0.670. The minimum absolute atomic E-state index is 0.194. The van der Waals surface area contributed by atoms with Gasteiger partial charge >= 0.3 is 0 Å². The second kappa shape index (κ2) is 4.90. The normalized spacial score (nSPS) is 18.3. The minimum atomic E-state index is 0.194. The van der Waals surface area contributed by atoms with Gasteiger partial charge in [0.2, 0.25) is 0 Å². The molecule has 1 unspecified atom stereocenters. The van der Waals surface area contributed by atoms with Gasteiger partial charge < -0.3 is 9.84 Å². The van der Waals surface area contributed by atoms with Crippen LogP contribution in [0.2, 0.25) is 0 Å². The quantitative estimate of drug-likeness (QED) is 0.850. The maximum atomic E-state index is 9.02. The lowest BCUT2D eigenvalue weighted by molar-refractivity contribution is 0.240. The Labute approximate surface area is 94.6 Å². The van der Waals surface area contributed by atoms with Gasteiger partial charge in [-0.25, -0.2) is 0 Å². The molecule has 1 atom stereocenters. The summed E-state index contributed by atoms with van der Waals surface area (Å²) in [5, 5.41) is 9.02. The molecule has 0 spiro atoms. The molecule has 0 aromatic heterocycles. The standard InChI is InChI=1S/C12H16O2S/c1-9(6-13)10-2-4-11(5-3-10)14-12-7-15-8-12/h2-5,9,12-13H,6-8H2,1H3. The number of aliphatic hydroxyl groups is 1. The van der Waals surface area contributed by atoms with Crippen molar-refractivity contribution in [3.05, 3.63) is 29.8 Å². The second-order valence-electron chi connectivity index (χ2n) is 3.93. The van der Waals surface area contributed by atoms with Crippen LogP contribution in [0.3, 0.4) is 0 Å². The Morgan fingerprint density at radius 3 is 2.53 bits per heavy atom. The predicted octanol–water partition coefficient (Wildman–Crippen LogP) is 2.28. The maximum absolute atomic E-state index is 9.02. The molecule has 0 aliphatic carbocycles. The zero-order chi connectivity index (χ0) is 10.7. The molecule has 0 saturated carbocycles. The van der Waals surface area contributed by atoms with E-state index in [9.17, 15) is 0 Å². The molecule has 1 aliphatic rings. The van der Waals surface area contributed by atoms with Gasteiger partial charge in [-0.1, -0.05) is 19.1 Å². The van der Waals surface area contributed by atoms with E-state index >= 15 is 0 Å². The monoisotopic (exact) mass is 224 g/mol. The van der Waals surface area contributed by atoms with Crippen molar-refractivity contribution < 1.29 is 9.84 Å². The average Bonchev–Trinajstić information content (AvgIpc) is 2.23. The van der Waals surface area contributed by atoms with Crippen LogP contribution >= 0.6 is 11.8 Å². The Bertz CT molecular complexity index is 306. The molecule has 0 amide bonds. The molecule has 1 aliphatic heterocycles. The largest absolute Gasteiger partial charge is 0.489 e. The molecule has 3 heteroatoms. The molecular formula is C12H16O2S. The number of ether oxygens (including phenoxy) is 1. The summed E-state index contributed by atoms with van der Waals surface area (Å²) >= 11 is 1.92. The van der Waals surface area contributed by atoms with Gasteiger partial charge in [0, 0.05) is 24.0 Å². The molecule has 2 rings (SSSR count). The van der Waals surface area contributed by atoms with Gasteiger partial charge in [-0.2, -0.15) is 11.8 Å². The van der Waals surface area contributed by atoms with Crippen molar-refractivity contribution in [3.63, 3.8) is 0 Å². The van der Waals surface area contributed by atoms with Crippen LogP contribution in [-0.2, 0) is 0 Å². The van der Waals surface area contributed by atoms with Crippen LogP contribution in [0, 0.1) is 0 Å². The summed E-state index contributed by atoms with van der Waals surface area (Å²) in [6.45, 7) is 2.21. The lowest BCUT2D eigenvalue weighted by Crippen LogP contribution is -2.30. The molecule has 1 N–H and O–H groups in total. The van der Waals surface area contributed by atoms with Crippen LogP contribution in [0.25, 0.3) is 0 Å². The van der Waals surface area contributed by atoms with Gasteiger partial charge in [-0.3, -0.25) is 0 Å². The number of rotatable bonds is 4. The maximum Gasteiger partial charge on any atom is 0.119 e. The lowest BCUT2D eigenvalue weighted by atomic mass is 10.0. The van der Waals surface area contributed by atoms with Crippen molar-refractivity contribution in [1.82, 2.24) is 0 Å². The molecular weight excluding hydrogens is 208 g/mol. The van der Waals surface area contributed by atoms with Crippen molar-refractivity contribution in [2.75, 3.05) is 18.1 Å². The Kier molecular flexibility index (Phi) is 3.54. The topological polar surface area (TPSA) is 29.5 Å². The van der Waals surface area contributed by atoms with Crippen LogP contribution < -0.4 is 4.74 Å². The van der Waals surface area contributed by atoms with Crippen molar-refractivity contribution >= 4 is 11.8 Å². The highest BCUT2D eigenvalue weighted by atomic mass is 32.2. The summed E-state index contributed by atoms with van der Waals surface area (Å²) in [5.41, 5.74) is 1.16. The van der Waals surface area contributed by atoms with Crippen LogP contribution in [0.15, 0.2) is 24.3 Å². The molecule has 15 heavy (non-hydrogen) atoms. The summed E-state index contributed by atoms with van der Waals surface area (Å²) in [5.74, 6) is 3.36. The molecule has 82 valence electrons. The third kappa shape index (κ3) is 2.67. The molecule has 0 bridgehead atoms. The van der Waals surface area contributed by atoms with E-state index in [4.69, 9.17) is 9.84 Å². The number of aliphatic hydroxyl groups excluding tert-OH is 1. The van der Waals surface area contributed by atoms with E-state index in [2.05, 4.69) is 0 Å². The summed E-state index contributed by atoms with van der Waals surface area (Å²) in [4.78, 5) is 0. The average molecular weight is 224 g/mol. The third-order valence-corrected chi connectivity index (χ3v) is 3.85. The molecule has 1 saturated heterocycles. The summed E-state index contributed by atoms with van der Waals surface area (Å²) in [6.07, 6.45) is 0.399. The molecule has 1 heterocycles. The summed E-state index contributed by atoms with van der Waals surface area (Å²) in [6, 6.07) is 8.04. The van der Waals surface area contributed by atoms with Crippen LogP contribution in [0.1, 0.15) is 18.4 Å². The van der Waals surface area contributed by atoms with Crippen molar-refractivity contribution in [2.24, 2.45) is 0 Å². The second-order valence-corrected chi connectivity index (χ2v) is 5.00. The molecule has 1 fully saturated rings. The first-order valence-electron chi connectivity index (χ1n) is 5.25. The predicted molar refractivity (Wildman–Crippen MR) is 63.7 cm³/mol. The van der Waals surface area contributed by atoms with E-state index in [1.807, 2.05) is 43.0 Å². The highest BCUT2D eigenvalue weighted by Crippen LogP contribution is 2.25. The van der Waals surface area contributed by atoms with Crippen LogP contribution in [0.5, 0.6) is 5.75 Å². The third-order valence-electron chi connectivity index (χ3n) is 2.63. The Morgan fingerprint density at radius 2 is 2.07 bits per heavy atom. The molecule has 2 nitrogen and oxygen atoms in total. The highest BCUT2D eigenvalue weighted by molar-refractivity contribution is 8.00.